The van der Waals surface area contributed by atoms with Gasteiger partial charge in [-0.05, 0) is 0 Å². The Kier molecular flexibility index (Phi) is 2.86. The van der Waals surface area contributed by atoms with Crippen molar-refractivity contribution in [2.75, 3.05) is 0 Å². The molecular formula is C10H8Se2. The van der Waals surface area contributed by atoms with Gasteiger partial charge in [0.15, 0.2) is 0 Å². The van der Waals surface area contributed by atoms with E-state index in [1.807, 2.05) is 0 Å². The molecule has 2 heteroatoms. The van der Waals surface area contributed by atoms with E-state index in [9.17, 15) is 0 Å². The molecule has 0 fully saturated rings. The second kappa shape index (κ2) is 4.11. The standard InChI is InChI=1S/C10H8Se2/c1-3-9(11-7-1)5-6-10-4-2-8-12-10/h1-8H. The van der Waals surface area contributed by atoms with E-state index in [0.29, 0.717) is 29.0 Å². The predicted octanol–water partition coefficient (Wildman–Crippen LogP) is 1.97. The van der Waals surface area contributed by atoms with Crippen molar-refractivity contribution in [2.24, 2.45) is 0 Å². The Bertz CT molecular complexity index is 305. The SMILES string of the molecule is C(=Cc1ccc[se]1)c1ccc[se]1. The Morgan fingerprint density at radius 3 is 1.67 bits per heavy atom. The van der Waals surface area contributed by atoms with E-state index in [4.69, 9.17) is 0 Å². The zero-order valence-corrected chi connectivity index (χ0v) is 9.86. The summed E-state index contributed by atoms with van der Waals surface area (Å²) in [5, 5.41) is 0. The fraction of sp³-hybridized carbons (Fsp3) is 0. The van der Waals surface area contributed by atoms with E-state index in [-0.39, 0.29) is 0 Å². The Hall–Kier alpha value is -0.261. The molecule has 0 bridgehead atoms. The zero-order chi connectivity index (χ0) is 8.23. The third kappa shape index (κ3) is 2.12. The van der Waals surface area contributed by atoms with Crippen molar-refractivity contribution < 1.29 is 0 Å². The molecule has 2 aromatic heterocycles. The van der Waals surface area contributed by atoms with Crippen molar-refractivity contribution in [3.8, 4) is 0 Å². The monoisotopic (exact) mass is 288 g/mol. The van der Waals surface area contributed by atoms with Gasteiger partial charge in [-0.1, -0.05) is 0 Å². The molecule has 0 aliphatic carbocycles. The van der Waals surface area contributed by atoms with Crippen molar-refractivity contribution in [3.05, 3.63) is 43.0 Å². The Morgan fingerprint density at radius 1 is 0.833 bits per heavy atom. The van der Waals surface area contributed by atoms with Gasteiger partial charge in [0, 0.05) is 0 Å². The van der Waals surface area contributed by atoms with Gasteiger partial charge < -0.3 is 0 Å². The summed E-state index contributed by atoms with van der Waals surface area (Å²) in [4.78, 5) is 4.50. The van der Waals surface area contributed by atoms with Crippen molar-refractivity contribution in [3.63, 3.8) is 0 Å². The minimum absolute atomic E-state index is 0.593. The molecule has 2 heterocycles. The molecule has 0 spiro atoms. The van der Waals surface area contributed by atoms with E-state index in [2.05, 4.69) is 46.3 Å². The zero-order valence-electron chi connectivity index (χ0n) is 6.44. The molecule has 12 heavy (non-hydrogen) atoms. The Balaban J connectivity index is 2.14. The van der Waals surface area contributed by atoms with E-state index < -0.39 is 0 Å². The molecule has 0 nitrogen and oxygen atoms in total. The van der Waals surface area contributed by atoms with Crippen LogP contribution in [0.4, 0.5) is 0 Å². The van der Waals surface area contributed by atoms with Crippen LogP contribution in [0, 0.1) is 0 Å². The van der Waals surface area contributed by atoms with Crippen LogP contribution < -0.4 is 0 Å². The second-order valence-electron chi connectivity index (χ2n) is 2.36. The molecule has 0 N–H and O–H groups in total. The Morgan fingerprint density at radius 2 is 1.33 bits per heavy atom. The average Bonchev–Trinajstić information content (AvgIpc) is 2.74. The van der Waals surface area contributed by atoms with Gasteiger partial charge in [0.05, 0.1) is 0 Å². The van der Waals surface area contributed by atoms with Crippen LogP contribution in [0.2, 0.25) is 0 Å². The summed E-state index contributed by atoms with van der Waals surface area (Å²) in [6.07, 6.45) is 4.50. The Labute approximate surface area is 84.0 Å². The summed E-state index contributed by atoms with van der Waals surface area (Å²) in [7, 11) is 0. The van der Waals surface area contributed by atoms with E-state index in [0.717, 1.165) is 0 Å². The molecular weight excluding hydrogens is 278 g/mol. The van der Waals surface area contributed by atoms with Gasteiger partial charge in [-0.2, -0.15) is 0 Å². The van der Waals surface area contributed by atoms with Crippen molar-refractivity contribution in [1.29, 1.82) is 0 Å². The first-order valence-electron chi connectivity index (χ1n) is 3.70. The number of rotatable bonds is 2. The minimum atomic E-state index is 0.593. The third-order valence-electron chi connectivity index (χ3n) is 1.50. The fourth-order valence-electron chi connectivity index (χ4n) is 0.936. The van der Waals surface area contributed by atoms with E-state index >= 15 is 0 Å². The molecule has 0 radical (unpaired) electrons. The summed E-state index contributed by atoms with van der Waals surface area (Å²) >= 11 is 1.19. The first-order chi connectivity index (χ1) is 5.95. The molecule has 60 valence electrons. The van der Waals surface area contributed by atoms with Crippen LogP contribution in [0.1, 0.15) is 8.87 Å². The molecule has 0 atom stereocenters. The fourth-order valence-corrected chi connectivity index (χ4v) is 3.53. The number of hydrogen-bond acceptors (Lipinski definition) is 0. The third-order valence-corrected chi connectivity index (χ3v) is 5.01. The van der Waals surface area contributed by atoms with Gasteiger partial charge in [0.1, 0.15) is 0 Å². The van der Waals surface area contributed by atoms with Crippen LogP contribution in [-0.4, -0.2) is 29.0 Å². The normalized spacial score (nSPS) is 11.0. The maximum atomic E-state index is 2.25. The van der Waals surface area contributed by atoms with Crippen LogP contribution in [0.25, 0.3) is 12.2 Å². The van der Waals surface area contributed by atoms with Gasteiger partial charge in [0.2, 0.25) is 0 Å². The van der Waals surface area contributed by atoms with E-state index in [1.54, 1.807) is 0 Å². The van der Waals surface area contributed by atoms with Crippen LogP contribution in [0.5, 0.6) is 0 Å². The predicted molar refractivity (Wildman–Crippen MR) is 55.7 cm³/mol. The first-order valence-corrected chi connectivity index (χ1v) is 7.39. The molecule has 0 amide bonds. The molecule has 2 rings (SSSR count). The quantitative estimate of drug-likeness (QED) is 0.740. The van der Waals surface area contributed by atoms with Crippen LogP contribution >= 0.6 is 0 Å². The summed E-state index contributed by atoms with van der Waals surface area (Å²) < 4.78 is 2.96. The molecule has 0 unspecified atom stereocenters. The van der Waals surface area contributed by atoms with Crippen LogP contribution in [0.3, 0.4) is 0 Å². The number of hydrogen-bond donors (Lipinski definition) is 0. The second-order valence-corrected chi connectivity index (χ2v) is 6.47. The van der Waals surface area contributed by atoms with Crippen LogP contribution in [0.15, 0.2) is 34.1 Å². The van der Waals surface area contributed by atoms with Gasteiger partial charge in [-0.25, -0.2) is 0 Å². The maximum absolute atomic E-state index is 2.25. The summed E-state index contributed by atoms with van der Waals surface area (Å²) in [6.45, 7) is 0. The topological polar surface area (TPSA) is 0 Å². The van der Waals surface area contributed by atoms with Crippen molar-refractivity contribution in [2.45, 2.75) is 0 Å². The van der Waals surface area contributed by atoms with Crippen molar-refractivity contribution >= 4 is 41.2 Å². The van der Waals surface area contributed by atoms with Crippen molar-refractivity contribution in [1.82, 2.24) is 0 Å². The first kappa shape index (κ1) is 8.34. The van der Waals surface area contributed by atoms with Gasteiger partial charge in [0.25, 0.3) is 0 Å². The van der Waals surface area contributed by atoms with Crippen LogP contribution in [-0.2, 0) is 0 Å². The average molecular weight is 286 g/mol. The van der Waals surface area contributed by atoms with Gasteiger partial charge in [-0.3, -0.25) is 0 Å². The molecule has 0 aliphatic heterocycles. The molecule has 0 saturated heterocycles. The summed E-state index contributed by atoms with van der Waals surface area (Å²) in [5.74, 6) is 0. The van der Waals surface area contributed by atoms with Gasteiger partial charge in [-0.15, -0.1) is 0 Å². The van der Waals surface area contributed by atoms with E-state index in [1.165, 1.54) is 8.87 Å². The molecule has 2 aromatic rings. The molecule has 0 saturated carbocycles. The molecule has 0 aliphatic rings. The summed E-state index contributed by atoms with van der Waals surface area (Å²) in [5.41, 5.74) is 0. The van der Waals surface area contributed by atoms with Gasteiger partial charge >= 0.3 is 84.2 Å². The summed E-state index contributed by atoms with van der Waals surface area (Å²) in [6, 6.07) is 8.69. The molecule has 0 aromatic carbocycles.